The molecule has 2 aromatic carbocycles. The van der Waals surface area contributed by atoms with Gasteiger partial charge in [0.25, 0.3) is 11.5 Å². The van der Waals surface area contributed by atoms with E-state index in [1.165, 1.54) is 22.2 Å². The van der Waals surface area contributed by atoms with Gasteiger partial charge >= 0.3 is 0 Å². The molecule has 0 spiro atoms. The smallest absolute Gasteiger partial charge is 0.265 e. The van der Waals surface area contributed by atoms with E-state index < -0.39 is 5.60 Å². The van der Waals surface area contributed by atoms with Crippen molar-refractivity contribution >= 4 is 34.2 Å². The molecule has 7 heterocycles. The summed E-state index contributed by atoms with van der Waals surface area (Å²) in [5, 5.41) is 13.0. The number of aromatic nitrogens is 5. The number of pyridine rings is 1. The summed E-state index contributed by atoms with van der Waals surface area (Å²) in [4.78, 5) is 60.1. The largest absolute Gasteiger partial charge is 0.486 e. The number of piperidine rings is 2. The predicted octanol–water partition coefficient (Wildman–Crippen LogP) is 5.39. The number of ether oxygens (including phenoxy) is 2. The summed E-state index contributed by atoms with van der Waals surface area (Å²) < 4.78 is 14.7. The van der Waals surface area contributed by atoms with Crippen molar-refractivity contribution in [1.29, 1.82) is 0 Å². The van der Waals surface area contributed by atoms with Crippen LogP contribution in [0, 0.1) is 19.8 Å². The molecule has 57 heavy (non-hydrogen) atoms. The van der Waals surface area contributed by atoms with Gasteiger partial charge in [0.2, 0.25) is 5.91 Å². The molecular weight excluding hydrogens is 743 g/mol. The summed E-state index contributed by atoms with van der Waals surface area (Å²) in [5.41, 5.74) is 3.35. The first-order chi connectivity index (χ1) is 27.6. The first kappa shape index (κ1) is 36.8. The summed E-state index contributed by atoms with van der Waals surface area (Å²) in [6, 6.07) is 21.2. The van der Waals surface area contributed by atoms with Crippen LogP contribution in [0.1, 0.15) is 51.8 Å². The monoisotopic (exact) mass is 785 g/mol. The Morgan fingerprint density at radius 3 is 2.49 bits per heavy atom. The minimum absolute atomic E-state index is 0.0295. The van der Waals surface area contributed by atoms with Crippen molar-refractivity contribution in [2.45, 2.75) is 51.2 Å². The number of aliphatic hydroxyl groups is 1. The number of carbonyl (C=O) groups excluding carboxylic acids is 2. The molecule has 6 aromatic rings. The Morgan fingerprint density at radius 2 is 1.72 bits per heavy atom. The van der Waals surface area contributed by atoms with Gasteiger partial charge in [0, 0.05) is 67.7 Å². The number of likely N-dealkylation sites (tertiary alicyclic amines) is 2. The Balaban J connectivity index is 0.876. The SMILES string of the molecule is Cc1ccc(-c2nc(C)c(C(=O)N3CC[C@@H](C(=O)N4CCC(O)(Cn5cnc6c(ccn6-c6ccc7c(c6)OCCO7)c5=O)CC4)[C@H](c4ccccc4)C3)s2)cn1. The van der Waals surface area contributed by atoms with E-state index >= 15 is 0 Å². The Hall–Kier alpha value is -5.86. The third-order valence-electron chi connectivity index (χ3n) is 11.5. The van der Waals surface area contributed by atoms with Crippen LogP contribution in [0.2, 0.25) is 0 Å². The first-order valence-electron chi connectivity index (χ1n) is 19.4. The summed E-state index contributed by atoms with van der Waals surface area (Å²) >= 11 is 1.38. The standard InChI is InChI=1S/C43H43N7O6S/c1-27-8-9-30(23-44-27)39-46-28(2)37(57-39)42(53)48-16-12-32(34(24-48)29-6-4-3-5-7-29)40(51)47-18-14-43(54,15-19-47)25-49-26-45-38-33(41(49)52)13-17-50(38)31-10-11-35-36(22-31)56-21-20-55-35/h3-11,13,17,22-23,26,32,34,54H,12,14-16,18-21,24-25H2,1-2H3/t32-,34+/m1/s1. The fourth-order valence-electron chi connectivity index (χ4n) is 8.34. The van der Waals surface area contributed by atoms with Gasteiger partial charge in [-0.1, -0.05) is 30.3 Å². The average molecular weight is 786 g/mol. The van der Waals surface area contributed by atoms with Crippen LogP contribution < -0.4 is 15.0 Å². The maximum atomic E-state index is 14.3. The zero-order valence-electron chi connectivity index (χ0n) is 31.8. The molecule has 9 rings (SSSR count). The first-order valence-corrected chi connectivity index (χ1v) is 20.2. The molecule has 14 heteroatoms. The van der Waals surface area contributed by atoms with Gasteiger partial charge in [0.1, 0.15) is 29.4 Å². The van der Waals surface area contributed by atoms with Gasteiger partial charge in [-0.25, -0.2) is 9.97 Å². The Kier molecular flexibility index (Phi) is 9.61. The second kappa shape index (κ2) is 14.9. The number of aryl methyl sites for hydroxylation is 2. The van der Waals surface area contributed by atoms with Crippen LogP contribution in [0.4, 0.5) is 0 Å². The highest BCUT2D eigenvalue weighted by Gasteiger charge is 2.42. The third-order valence-corrected chi connectivity index (χ3v) is 12.7. The number of hydrogen-bond donors (Lipinski definition) is 1. The van der Waals surface area contributed by atoms with Crippen LogP contribution in [0.15, 0.2) is 90.2 Å². The molecule has 292 valence electrons. The van der Waals surface area contributed by atoms with E-state index in [9.17, 15) is 19.5 Å². The molecule has 0 unspecified atom stereocenters. The van der Waals surface area contributed by atoms with Crippen LogP contribution in [0.3, 0.4) is 0 Å². The molecule has 4 aromatic heterocycles. The van der Waals surface area contributed by atoms with Gasteiger partial charge in [0.05, 0.1) is 28.9 Å². The quantitative estimate of drug-likeness (QED) is 0.225. The highest BCUT2D eigenvalue weighted by Crippen LogP contribution is 2.38. The molecular formula is C43H43N7O6S. The van der Waals surface area contributed by atoms with E-state index in [4.69, 9.17) is 14.5 Å². The van der Waals surface area contributed by atoms with E-state index in [-0.39, 0.29) is 35.8 Å². The number of benzene rings is 2. The van der Waals surface area contributed by atoms with Crippen molar-refractivity contribution in [1.82, 2.24) is 33.9 Å². The Labute approximate surface area is 333 Å². The van der Waals surface area contributed by atoms with Crippen LogP contribution >= 0.6 is 11.3 Å². The number of fused-ring (bicyclic) bond motifs is 2. The number of thiazole rings is 1. The van der Waals surface area contributed by atoms with E-state index in [1.807, 2.05) is 88.9 Å². The lowest BCUT2D eigenvalue weighted by Gasteiger charge is -2.43. The maximum Gasteiger partial charge on any atom is 0.265 e. The van der Waals surface area contributed by atoms with Crippen molar-refractivity contribution in [2.75, 3.05) is 39.4 Å². The van der Waals surface area contributed by atoms with Crippen molar-refractivity contribution in [3.05, 3.63) is 118 Å². The normalized spacial score (nSPS) is 19.1. The molecule has 0 radical (unpaired) electrons. The van der Waals surface area contributed by atoms with Crippen molar-refractivity contribution in [3.63, 3.8) is 0 Å². The van der Waals surface area contributed by atoms with Gasteiger partial charge in [-0.3, -0.25) is 23.9 Å². The molecule has 13 nitrogen and oxygen atoms in total. The van der Waals surface area contributed by atoms with Crippen LogP contribution in [-0.4, -0.2) is 95.8 Å². The molecule has 2 fully saturated rings. The number of amides is 2. The number of carbonyl (C=O) groups is 2. The van der Waals surface area contributed by atoms with E-state index in [1.54, 1.807) is 18.5 Å². The lowest BCUT2D eigenvalue weighted by molar-refractivity contribution is -0.142. The number of hydrogen-bond acceptors (Lipinski definition) is 10. The molecule has 3 aliphatic rings. The average Bonchev–Trinajstić information content (AvgIpc) is 3.86. The van der Waals surface area contributed by atoms with Crippen molar-refractivity contribution in [2.24, 2.45) is 5.92 Å². The summed E-state index contributed by atoms with van der Waals surface area (Å²) in [5.74, 6) is 0.755. The van der Waals surface area contributed by atoms with Crippen molar-refractivity contribution < 1.29 is 24.2 Å². The predicted molar refractivity (Wildman–Crippen MR) is 215 cm³/mol. The lowest BCUT2D eigenvalue weighted by atomic mass is 9.79. The van der Waals surface area contributed by atoms with Crippen LogP contribution in [0.25, 0.3) is 27.3 Å². The van der Waals surface area contributed by atoms with Crippen LogP contribution in [-0.2, 0) is 11.3 Å². The maximum absolute atomic E-state index is 14.3. The van der Waals surface area contributed by atoms with E-state index in [0.717, 1.165) is 27.5 Å². The molecule has 0 aliphatic carbocycles. The highest BCUT2D eigenvalue weighted by atomic mass is 32.1. The third kappa shape index (κ3) is 7.08. The molecule has 2 saturated heterocycles. The molecule has 0 saturated carbocycles. The zero-order chi connectivity index (χ0) is 39.3. The van der Waals surface area contributed by atoms with Gasteiger partial charge in [0.15, 0.2) is 17.1 Å². The summed E-state index contributed by atoms with van der Waals surface area (Å²) in [7, 11) is 0. The highest BCUT2D eigenvalue weighted by molar-refractivity contribution is 7.17. The molecule has 2 amide bonds. The van der Waals surface area contributed by atoms with Crippen LogP contribution in [0.5, 0.6) is 11.5 Å². The fourth-order valence-corrected chi connectivity index (χ4v) is 9.36. The molecule has 1 N–H and O–H groups in total. The Morgan fingerprint density at radius 1 is 0.930 bits per heavy atom. The Bertz CT molecular complexity index is 2520. The second-order valence-electron chi connectivity index (χ2n) is 15.3. The number of rotatable bonds is 7. The summed E-state index contributed by atoms with van der Waals surface area (Å²) in [6.07, 6.45) is 6.23. The molecule has 2 atom stereocenters. The van der Waals surface area contributed by atoms with Gasteiger partial charge in [-0.05, 0) is 69.0 Å². The molecule has 3 aliphatic heterocycles. The van der Waals surface area contributed by atoms with Crippen molar-refractivity contribution in [3.8, 4) is 27.8 Å². The van der Waals surface area contributed by atoms with Gasteiger partial charge in [-0.15, -0.1) is 11.3 Å². The zero-order valence-corrected chi connectivity index (χ0v) is 32.7. The van der Waals surface area contributed by atoms with E-state index in [2.05, 4.69) is 9.97 Å². The minimum Gasteiger partial charge on any atom is -0.486 e. The topological polar surface area (TPSA) is 145 Å². The fraction of sp³-hybridized carbons (Fsp3) is 0.349. The second-order valence-corrected chi connectivity index (χ2v) is 16.3. The van der Waals surface area contributed by atoms with E-state index in [0.29, 0.717) is 91.8 Å². The minimum atomic E-state index is -1.19. The van der Waals surface area contributed by atoms with Gasteiger partial charge in [-0.2, -0.15) is 0 Å². The molecule has 0 bridgehead atoms. The number of nitrogens with zero attached hydrogens (tertiary/aromatic N) is 7. The van der Waals surface area contributed by atoms with Gasteiger partial charge < -0.3 is 28.9 Å². The lowest BCUT2D eigenvalue weighted by Crippen LogP contribution is -2.53. The summed E-state index contributed by atoms with van der Waals surface area (Å²) in [6.45, 7) is 6.41.